The monoisotopic (exact) mass is 355 g/mol. The summed E-state index contributed by atoms with van der Waals surface area (Å²) >= 11 is 1.24. The molecule has 128 valence electrons. The van der Waals surface area contributed by atoms with Gasteiger partial charge in [0.15, 0.2) is 5.82 Å². The minimum absolute atomic E-state index is 0.283. The van der Waals surface area contributed by atoms with Gasteiger partial charge in [0.2, 0.25) is 5.13 Å². The largest absolute Gasteiger partial charge is 0.374 e. The van der Waals surface area contributed by atoms with Crippen LogP contribution in [0.5, 0.6) is 0 Å². The minimum atomic E-state index is -0.708. The molecule has 3 N–H and O–H groups in total. The van der Waals surface area contributed by atoms with E-state index in [1.807, 2.05) is 26.0 Å². The van der Waals surface area contributed by atoms with E-state index >= 15 is 0 Å². The van der Waals surface area contributed by atoms with Gasteiger partial charge in [0.1, 0.15) is 5.01 Å². The Morgan fingerprint density at radius 2 is 2.08 bits per heavy atom. The number of nitrogens with one attached hydrogen (secondary N) is 1. The number of pyridine rings is 1. The number of nitrogens with two attached hydrogens (primary N) is 1. The van der Waals surface area contributed by atoms with Crippen molar-refractivity contribution in [1.82, 2.24) is 30.5 Å². The summed E-state index contributed by atoms with van der Waals surface area (Å²) in [6, 6.07) is 3.68. The second kappa shape index (κ2) is 6.52. The molecule has 3 aromatic heterocycles. The van der Waals surface area contributed by atoms with Crippen molar-refractivity contribution in [1.29, 1.82) is 0 Å². The average Bonchev–Trinajstić information content (AvgIpc) is 3.02. The highest BCUT2D eigenvalue weighted by Crippen LogP contribution is 2.25. The van der Waals surface area contributed by atoms with Crippen LogP contribution in [0, 0.1) is 6.92 Å². The molecule has 3 rings (SSSR count). The van der Waals surface area contributed by atoms with E-state index in [0.717, 1.165) is 5.56 Å². The van der Waals surface area contributed by atoms with Crippen LogP contribution in [0.3, 0.4) is 0 Å². The number of rotatable bonds is 4. The summed E-state index contributed by atoms with van der Waals surface area (Å²) in [4.78, 5) is 25.4. The third-order valence-electron chi connectivity index (χ3n) is 3.55. The van der Waals surface area contributed by atoms with Crippen molar-refractivity contribution >= 4 is 22.4 Å². The molecule has 0 saturated carbocycles. The Kier molecular flexibility index (Phi) is 4.41. The molecule has 0 saturated heterocycles. The van der Waals surface area contributed by atoms with E-state index in [2.05, 4.69) is 30.5 Å². The van der Waals surface area contributed by atoms with Crippen LogP contribution in [0.1, 0.15) is 34.9 Å². The van der Waals surface area contributed by atoms with E-state index in [1.165, 1.54) is 17.5 Å². The first-order valence-electron chi connectivity index (χ1n) is 7.53. The van der Waals surface area contributed by atoms with Crippen molar-refractivity contribution in [3.8, 4) is 11.4 Å². The lowest BCUT2D eigenvalue weighted by Crippen LogP contribution is -2.41. The molecule has 3 heterocycles. The second-order valence-electron chi connectivity index (χ2n) is 5.96. The molecule has 9 heteroatoms. The van der Waals surface area contributed by atoms with E-state index in [0.29, 0.717) is 27.2 Å². The average molecular weight is 355 g/mol. The zero-order chi connectivity index (χ0) is 18.0. The third kappa shape index (κ3) is 3.61. The van der Waals surface area contributed by atoms with Crippen molar-refractivity contribution in [2.75, 3.05) is 5.73 Å². The first-order chi connectivity index (χ1) is 11.9. The summed E-state index contributed by atoms with van der Waals surface area (Å²) in [5.41, 5.74) is 6.69. The van der Waals surface area contributed by atoms with E-state index in [9.17, 15) is 4.79 Å². The van der Waals surface area contributed by atoms with Crippen molar-refractivity contribution in [3.63, 3.8) is 0 Å². The van der Waals surface area contributed by atoms with Crippen molar-refractivity contribution in [2.45, 2.75) is 26.3 Å². The minimum Gasteiger partial charge on any atom is -0.374 e. The van der Waals surface area contributed by atoms with E-state index in [-0.39, 0.29) is 5.91 Å². The molecule has 0 unspecified atom stereocenters. The number of amides is 1. The summed E-state index contributed by atoms with van der Waals surface area (Å²) in [7, 11) is 0. The van der Waals surface area contributed by atoms with Gasteiger partial charge in [-0.15, -0.1) is 10.2 Å². The Labute approximate surface area is 148 Å². The molecule has 0 aliphatic rings. The highest BCUT2D eigenvalue weighted by molar-refractivity contribution is 7.15. The van der Waals surface area contributed by atoms with Crippen molar-refractivity contribution in [2.24, 2.45) is 0 Å². The van der Waals surface area contributed by atoms with Gasteiger partial charge in [0.05, 0.1) is 16.8 Å². The number of anilines is 1. The Hall–Kier alpha value is -2.94. The lowest BCUT2D eigenvalue weighted by molar-refractivity contribution is 0.0910. The molecule has 0 fully saturated rings. The van der Waals surface area contributed by atoms with Gasteiger partial charge < -0.3 is 11.1 Å². The van der Waals surface area contributed by atoms with Gasteiger partial charge >= 0.3 is 0 Å². The SMILES string of the molecule is Cc1nc(-c2cccnc2)ncc1C(=O)NC(C)(C)c1nnc(N)s1. The van der Waals surface area contributed by atoms with Crippen LogP contribution < -0.4 is 11.1 Å². The zero-order valence-electron chi connectivity index (χ0n) is 14.0. The predicted octanol–water partition coefficient (Wildman–Crippen LogP) is 1.95. The number of nitrogen functional groups attached to an aromatic ring is 1. The van der Waals surface area contributed by atoms with Crippen molar-refractivity contribution < 1.29 is 4.79 Å². The van der Waals surface area contributed by atoms with E-state index < -0.39 is 5.54 Å². The zero-order valence-corrected chi connectivity index (χ0v) is 14.8. The molecule has 0 aromatic carbocycles. The smallest absolute Gasteiger partial charge is 0.255 e. The number of aryl methyl sites for hydroxylation is 1. The standard InChI is InChI=1S/C16H17N7OS/c1-9-11(8-19-12(20-9)10-5-4-6-18-7-10)13(24)21-16(2,3)14-22-23-15(17)25-14/h4-8H,1-3H3,(H2,17,23)(H,21,24). The molecule has 8 nitrogen and oxygen atoms in total. The van der Waals surface area contributed by atoms with Crippen LogP contribution in [0.25, 0.3) is 11.4 Å². The predicted molar refractivity (Wildman–Crippen MR) is 94.8 cm³/mol. The molecule has 0 bridgehead atoms. The molecule has 3 aromatic rings. The summed E-state index contributed by atoms with van der Waals surface area (Å²) in [5, 5.41) is 11.7. The first kappa shape index (κ1) is 16.9. The normalized spacial score (nSPS) is 11.3. The molecule has 0 spiro atoms. The summed E-state index contributed by atoms with van der Waals surface area (Å²) < 4.78 is 0. The molecule has 25 heavy (non-hydrogen) atoms. The highest BCUT2D eigenvalue weighted by Gasteiger charge is 2.28. The first-order valence-corrected chi connectivity index (χ1v) is 8.34. The van der Waals surface area contributed by atoms with Crippen molar-refractivity contribution in [3.05, 3.63) is 47.0 Å². The van der Waals surface area contributed by atoms with E-state index in [1.54, 1.807) is 19.3 Å². The lowest BCUT2D eigenvalue weighted by Gasteiger charge is -2.23. The number of carbonyl (C=O) groups excluding carboxylic acids is 1. The van der Waals surface area contributed by atoms with Crippen LogP contribution >= 0.6 is 11.3 Å². The maximum atomic E-state index is 12.6. The number of carbonyl (C=O) groups is 1. The quantitative estimate of drug-likeness (QED) is 0.734. The van der Waals surface area contributed by atoms with Crippen LogP contribution in [-0.4, -0.2) is 31.1 Å². The lowest BCUT2D eigenvalue weighted by atomic mass is 10.1. The molecule has 0 radical (unpaired) electrons. The Morgan fingerprint density at radius 3 is 2.68 bits per heavy atom. The van der Waals surface area contributed by atoms with Gasteiger partial charge in [-0.3, -0.25) is 9.78 Å². The molecule has 0 aliphatic carbocycles. The summed E-state index contributed by atoms with van der Waals surface area (Å²) in [6.45, 7) is 5.45. The Balaban J connectivity index is 1.83. The van der Waals surface area contributed by atoms with E-state index in [4.69, 9.17) is 5.73 Å². The molecule has 0 aliphatic heterocycles. The maximum Gasteiger partial charge on any atom is 0.255 e. The third-order valence-corrected chi connectivity index (χ3v) is 4.62. The fourth-order valence-corrected chi connectivity index (χ4v) is 2.88. The van der Waals surface area contributed by atoms with Gasteiger partial charge in [-0.1, -0.05) is 11.3 Å². The second-order valence-corrected chi connectivity index (χ2v) is 6.97. The fraction of sp³-hybridized carbons (Fsp3) is 0.250. The van der Waals surface area contributed by atoms with Crippen LogP contribution in [0.2, 0.25) is 0 Å². The van der Waals surface area contributed by atoms with Gasteiger partial charge in [-0.05, 0) is 32.9 Å². The van der Waals surface area contributed by atoms with Gasteiger partial charge in [-0.2, -0.15) is 0 Å². The van der Waals surface area contributed by atoms with Crippen LogP contribution in [-0.2, 0) is 5.54 Å². The summed E-state index contributed by atoms with van der Waals surface area (Å²) in [6.07, 6.45) is 4.88. The molecule has 0 atom stereocenters. The molecule has 1 amide bonds. The fourth-order valence-electron chi connectivity index (χ4n) is 2.22. The van der Waals surface area contributed by atoms with Gasteiger partial charge in [-0.25, -0.2) is 9.97 Å². The Bertz CT molecular complexity index is 908. The summed E-state index contributed by atoms with van der Waals surface area (Å²) in [5.74, 6) is 0.243. The number of aromatic nitrogens is 5. The number of hydrogen-bond donors (Lipinski definition) is 2. The highest BCUT2D eigenvalue weighted by atomic mass is 32.1. The molecular formula is C16H17N7OS. The number of nitrogens with zero attached hydrogens (tertiary/aromatic N) is 5. The van der Waals surface area contributed by atoms with Gasteiger partial charge in [0, 0.05) is 24.2 Å². The maximum absolute atomic E-state index is 12.6. The Morgan fingerprint density at radius 1 is 1.28 bits per heavy atom. The van der Waals surface area contributed by atoms with Crippen LogP contribution in [0.15, 0.2) is 30.7 Å². The van der Waals surface area contributed by atoms with Gasteiger partial charge in [0.25, 0.3) is 5.91 Å². The topological polar surface area (TPSA) is 120 Å². The number of hydrogen-bond acceptors (Lipinski definition) is 8. The molecular weight excluding hydrogens is 338 g/mol. The van der Waals surface area contributed by atoms with Crippen LogP contribution in [0.4, 0.5) is 5.13 Å².